The molecule has 4 amide bonds. The van der Waals surface area contributed by atoms with Gasteiger partial charge in [0.2, 0.25) is 23.6 Å². The predicted octanol–water partition coefficient (Wildman–Crippen LogP) is -0.109. The number of nitrogens with one attached hydrogen (secondary N) is 3. The summed E-state index contributed by atoms with van der Waals surface area (Å²) < 4.78 is 15.7. The fraction of sp³-hybridized carbons (Fsp3) is 0.552. The van der Waals surface area contributed by atoms with Crippen molar-refractivity contribution in [3.05, 3.63) is 29.8 Å². The lowest BCUT2D eigenvalue weighted by Gasteiger charge is -2.26. The van der Waals surface area contributed by atoms with E-state index in [2.05, 4.69) is 20.5 Å². The van der Waals surface area contributed by atoms with Crippen LogP contribution in [-0.2, 0) is 38.1 Å². The molecule has 0 radical (unpaired) electrons. The van der Waals surface area contributed by atoms with E-state index in [1.165, 1.54) is 43.3 Å². The molecule has 1 aromatic rings. The molecule has 0 bridgehead atoms. The zero-order valence-corrected chi connectivity index (χ0v) is 27.6. The number of hydrogen-bond acceptors (Lipinski definition) is 9. The van der Waals surface area contributed by atoms with Gasteiger partial charge < -0.3 is 40.7 Å². The van der Waals surface area contributed by atoms with Crippen LogP contribution in [0.4, 0.5) is 0 Å². The van der Waals surface area contributed by atoms with Crippen LogP contribution in [0.5, 0.6) is 5.75 Å². The minimum atomic E-state index is -4.85. The molecule has 18 nitrogen and oxygen atoms in total. The Bertz CT molecular complexity index is 1430. The van der Waals surface area contributed by atoms with Gasteiger partial charge in [-0.15, -0.1) is 0 Å². The van der Waals surface area contributed by atoms with Crippen molar-refractivity contribution in [1.29, 1.82) is 0 Å². The van der Waals surface area contributed by atoms with E-state index in [9.17, 15) is 53.4 Å². The highest BCUT2D eigenvalue weighted by Gasteiger charge is 2.60. The number of hydrogen-bond donors (Lipinski definition) is 8. The third kappa shape index (κ3) is 11.6. The second kappa shape index (κ2) is 17.0. The minimum Gasteiger partial charge on any atom is -0.481 e. The maximum Gasteiger partial charge on any atom is 0.524 e. The highest BCUT2D eigenvalue weighted by Crippen LogP contribution is 2.55. The van der Waals surface area contributed by atoms with Gasteiger partial charge in [0.25, 0.3) is 0 Å². The number of benzene rings is 1. The van der Waals surface area contributed by atoms with Crippen molar-refractivity contribution in [2.24, 2.45) is 17.8 Å². The van der Waals surface area contributed by atoms with Crippen LogP contribution in [-0.4, -0.2) is 104 Å². The molecule has 1 aliphatic carbocycles. The standard InChI is InChI=1S/C29H41N4O14P/c1-5-14(2)24(29(42)43)32-26(39)18(11-13-20(36)37)30-25(38)17(10-12-19(34)35)31-27(40)22-21(23(22)28(41)33(3)4)15-6-8-16(9-7-15)47-48(44,45)46/h6-9,14,17-18,21-24H,5,10-13H2,1-4H3,(H,30,38)(H,31,40)(H,32,39)(H,34,35)(H,36,37)(H,42,43)(H2,44,45,46)/t14?,17-,18-,21?,22+,23+,24-/m0/s1. The van der Waals surface area contributed by atoms with Gasteiger partial charge in [-0.1, -0.05) is 32.4 Å². The van der Waals surface area contributed by atoms with Crippen LogP contribution in [0.25, 0.3) is 0 Å². The first-order chi connectivity index (χ1) is 22.3. The van der Waals surface area contributed by atoms with Crippen molar-refractivity contribution in [3.63, 3.8) is 0 Å². The highest BCUT2D eigenvalue weighted by molar-refractivity contribution is 7.46. The zero-order chi connectivity index (χ0) is 36.5. The normalized spacial score (nSPS) is 19.4. The Morgan fingerprint density at radius 1 is 0.833 bits per heavy atom. The summed E-state index contributed by atoms with van der Waals surface area (Å²) in [6.45, 7) is 3.27. The maximum absolute atomic E-state index is 13.5. The van der Waals surface area contributed by atoms with Crippen LogP contribution in [0, 0.1) is 17.8 Å². The Labute approximate surface area is 275 Å². The van der Waals surface area contributed by atoms with E-state index >= 15 is 0 Å². The van der Waals surface area contributed by atoms with Crippen LogP contribution in [0.2, 0.25) is 0 Å². The highest BCUT2D eigenvalue weighted by atomic mass is 31.2. The molecular formula is C29H41N4O14P. The number of carboxylic acids is 3. The summed E-state index contributed by atoms with van der Waals surface area (Å²) in [5.74, 6) is -10.7. The molecule has 2 unspecified atom stereocenters. The first kappa shape index (κ1) is 39.6. The maximum atomic E-state index is 13.5. The van der Waals surface area contributed by atoms with Gasteiger partial charge >= 0.3 is 25.7 Å². The number of nitrogens with zero attached hydrogens (tertiary/aromatic N) is 1. The summed E-state index contributed by atoms with van der Waals surface area (Å²) in [4.78, 5) is 107. The van der Waals surface area contributed by atoms with Crippen molar-refractivity contribution in [1.82, 2.24) is 20.9 Å². The molecule has 7 atom stereocenters. The molecule has 2 rings (SSSR count). The van der Waals surface area contributed by atoms with Gasteiger partial charge in [-0.3, -0.25) is 38.6 Å². The predicted molar refractivity (Wildman–Crippen MR) is 164 cm³/mol. The first-order valence-electron chi connectivity index (χ1n) is 14.9. The van der Waals surface area contributed by atoms with E-state index in [1.807, 2.05) is 0 Å². The Kier molecular flexibility index (Phi) is 14.1. The van der Waals surface area contributed by atoms with Crippen molar-refractivity contribution >= 4 is 49.4 Å². The summed E-state index contributed by atoms with van der Waals surface area (Å²) in [6.07, 6.45) is -1.73. The van der Waals surface area contributed by atoms with Crippen LogP contribution >= 0.6 is 7.82 Å². The zero-order valence-electron chi connectivity index (χ0n) is 26.7. The van der Waals surface area contributed by atoms with E-state index in [1.54, 1.807) is 13.8 Å². The number of carbonyl (C=O) groups is 7. The van der Waals surface area contributed by atoms with Crippen molar-refractivity contribution < 1.29 is 67.8 Å². The molecule has 48 heavy (non-hydrogen) atoms. The van der Waals surface area contributed by atoms with E-state index < -0.39 is 117 Å². The van der Waals surface area contributed by atoms with Crippen LogP contribution in [0.1, 0.15) is 57.4 Å². The molecule has 1 saturated carbocycles. The fourth-order valence-electron chi connectivity index (χ4n) is 5.10. The van der Waals surface area contributed by atoms with Gasteiger partial charge in [0.05, 0.1) is 11.8 Å². The Morgan fingerprint density at radius 3 is 1.77 bits per heavy atom. The molecular weight excluding hydrogens is 659 g/mol. The molecule has 266 valence electrons. The van der Waals surface area contributed by atoms with E-state index in [0.717, 1.165) is 0 Å². The lowest BCUT2D eigenvalue weighted by atomic mass is 9.98. The quantitative estimate of drug-likeness (QED) is 0.0875. The number of aliphatic carboxylic acids is 3. The van der Waals surface area contributed by atoms with Gasteiger partial charge in [0.15, 0.2) is 0 Å². The third-order valence-corrected chi connectivity index (χ3v) is 8.32. The van der Waals surface area contributed by atoms with Gasteiger partial charge in [-0.2, -0.15) is 0 Å². The topological polar surface area (TPSA) is 286 Å². The van der Waals surface area contributed by atoms with Gasteiger partial charge in [-0.25, -0.2) is 9.36 Å². The van der Waals surface area contributed by atoms with E-state index in [4.69, 9.17) is 9.79 Å². The van der Waals surface area contributed by atoms with Gasteiger partial charge in [0, 0.05) is 32.9 Å². The lowest BCUT2D eigenvalue weighted by Crippen LogP contribution is -2.57. The second-order valence-corrected chi connectivity index (χ2v) is 12.8. The van der Waals surface area contributed by atoms with Crippen LogP contribution in [0.3, 0.4) is 0 Å². The van der Waals surface area contributed by atoms with Crippen LogP contribution < -0.4 is 20.5 Å². The first-order valence-corrected chi connectivity index (χ1v) is 16.4. The van der Waals surface area contributed by atoms with E-state index in [0.29, 0.717) is 12.0 Å². The average Bonchev–Trinajstić information content (AvgIpc) is 3.73. The number of amides is 4. The molecule has 1 aromatic carbocycles. The minimum absolute atomic E-state index is 0.171. The Balaban J connectivity index is 2.33. The molecule has 8 N–H and O–H groups in total. The number of carbonyl (C=O) groups excluding carboxylic acids is 4. The van der Waals surface area contributed by atoms with Crippen LogP contribution in [0.15, 0.2) is 24.3 Å². The molecule has 0 heterocycles. The number of phosphoric acid groups is 1. The SMILES string of the molecule is CCC(C)[C@H](NC(=O)[C@H](CCC(=O)O)NC(=O)[C@H](CCC(=O)O)NC(=O)[C@@H]1C(c2ccc(OP(=O)(O)O)cc2)[C@H]1C(=O)N(C)C)C(=O)O. The van der Waals surface area contributed by atoms with Crippen molar-refractivity contribution in [3.8, 4) is 5.75 Å². The van der Waals surface area contributed by atoms with Crippen molar-refractivity contribution in [2.75, 3.05) is 14.1 Å². The summed E-state index contributed by atoms with van der Waals surface area (Å²) in [6, 6.07) is 0.806. The largest absolute Gasteiger partial charge is 0.524 e. The van der Waals surface area contributed by atoms with Gasteiger partial charge in [0.1, 0.15) is 23.9 Å². The molecule has 0 saturated heterocycles. The number of rotatable bonds is 19. The second-order valence-electron chi connectivity index (χ2n) is 11.7. The molecule has 0 aromatic heterocycles. The third-order valence-electron chi connectivity index (χ3n) is 7.87. The summed E-state index contributed by atoms with van der Waals surface area (Å²) in [5, 5.41) is 35.1. The number of phosphoric ester groups is 1. The number of carboxylic acid groups (broad SMARTS) is 3. The van der Waals surface area contributed by atoms with Gasteiger partial charge in [-0.05, 0) is 36.5 Å². The fourth-order valence-corrected chi connectivity index (χ4v) is 5.49. The molecule has 1 fully saturated rings. The van der Waals surface area contributed by atoms with Crippen molar-refractivity contribution in [2.45, 2.75) is 70.0 Å². The molecule has 0 spiro atoms. The summed E-state index contributed by atoms with van der Waals surface area (Å²) >= 11 is 0. The average molecular weight is 701 g/mol. The molecule has 1 aliphatic rings. The van der Waals surface area contributed by atoms with E-state index in [-0.39, 0.29) is 5.75 Å². The summed E-state index contributed by atoms with van der Waals surface area (Å²) in [7, 11) is -1.92. The smallest absolute Gasteiger partial charge is 0.481 e. The monoisotopic (exact) mass is 700 g/mol. The Hall–Kier alpha value is -4.54. The Morgan fingerprint density at radius 2 is 1.33 bits per heavy atom. The summed E-state index contributed by atoms with van der Waals surface area (Å²) in [5.41, 5.74) is 0.430. The lowest BCUT2D eigenvalue weighted by molar-refractivity contribution is -0.144. The molecule has 0 aliphatic heterocycles. The molecule has 19 heteroatoms.